The Morgan fingerprint density at radius 3 is 2.72 bits per heavy atom. The maximum Gasteiger partial charge on any atom is 0.266 e. The first-order chi connectivity index (χ1) is 13.9. The van der Waals surface area contributed by atoms with Crippen molar-refractivity contribution < 1.29 is 17.9 Å². The SMILES string of the molecule is NC[C@H](CCO)NCCCCNc1cc(F)c(S(=O)(=O)Nc2ncns2)cc1Cl. The Morgan fingerprint density at radius 1 is 1.31 bits per heavy atom. The van der Waals surface area contributed by atoms with E-state index in [0.717, 1.165) is 43.1 Å². The molecule has 0 aliphatic heterocycles. The van der Waals surface area contributed by atoms with Gasteiger partial charge < -0.3 is 21.5 Å². The first kappa shape index (κ1) is 23.7. The Bertz CT molecular complexity index is 870. The molecule has 13 heteroatoms. The molecule has 0 bridgehead atoms. The van der Waals surface area contributed by atoms with E-state index in [2.05, 4.69) is 24.7 Å². The average Bonchev–Trinajstić information content (AvgIpc) is 3.17. The van der Waals surface area contributed by atoms with E-state index in [4.69, 9.17) is 22.4 Å². The van der Waals surface area contributed by atoms with Crippen LogP contribution < -0.4 is 21.1 Å². The summed E-state index contributed by atoms with van der Waals surface area (Å²) >= 11 is 6.97. The lowest BCUT2D eigenvalue weighted by molar-refractivity contribution is 0.265. The summed E-state index contributed by atoms with van der Waals surface area (Å²) in [7, 11) is -4.17. The van der Waals surface area contributed by atoms with Crippen molar-refractivity contribution in [2.24, 2.45) is 5.73 Å². The Balaban J connectivity index is 1.87. The van der Waals surface area contributed by atoms with Gasteiger partial charge in [-0.1, -0.05) is 11.6 Å². The summed E-state index contributed by atoms with van der Waals surface area (Å²) < 4.78 is 44.9. The molecule has 1 heterocycles. The van der Waals surface area contributed by atoms with E-state index in [-0.39, 0.29) is 22.8 Å². The summed E-state index contributed by atoms with van der Waals surface area (Å²) in [6, 6.07) is 2.20. The van der Waals surface area contributed by atoms with Gasteiger partial charge in [0.2, 0.25) is 5.13 Å². The number of nitrogens with two attached hydrogens (primary N) is 1. The van der Waals surface area contributed by atoms with Gasteiger partial charge in [-0.3, -0.25) is 4.72 Å². The highest BCUT2D eigenvalue weighted by Crippen LogP contribution is 2.29. The lowest BCUT2D eigenvalue weighted by atomic mass is 10.2. The van der Waals surface area contributed by atoms with Gasteiger partial charge in [0.15, 0.2) is 0 Å². The van der Waals surface area contributed by atoms with E-state index in [1.807, 2.05) is 0 Å². The molecule has 2 rings (SSSR count). The van der Waals surface area contributed by atoms with Crippen LogP contribution in [0.25, 0.3) is 0 Å². The summed E-state index contributed by atoms with van der Waals surface area (Å²) in [6.07, 6.45) is 3.41. The highest BCUT2D eigenvalue weighted by molar-refractivity contribution is 7.93. The first-order valence-electron chi connectivity index (χ1n) is 8.94. The van der Waals surface area contributed by atoms with Gasteiger partial charge in [-0.25, -0.2) is 17.8 Å². The van der Waals surface area contributed by atoms with Crippen molar-refractivity contribution in [2.45, 2.75) is 30.2 Å². The third-order valence-corrected chi connectivity index (χ3v) is 6.38. The molecule has 0 saturated heterocycles. The van der Waals surface area contributed by atoms with Crippen LogP contribution in [0.2, 0.25) is 5.02 Å². The van der Waals surface area contributed by atoms with E-state index in [9.17, 15) is 12.8 Å². The summed E-state index contributed by atoms with van der Waals surface area (Å²) in [5.41, 5.74) is 5.91. The molecule has 0 amide bonds. The molecule has 0 aliphatic rings. The second-order valence-electron chi connectivity index (χ2n) is 6.15. The van der Waals surface area contributed by atoms with Crippen molar-refractivity contribution >= 4 is 44.0 Å². The molecule has 0 fully saturated rings. The van der Waals surface area contributed by atoms with E-state index in [0.29, 0.717) is 25.2 Å². The zero-order valence-electron chi connectivity index (χ0n) is 15.6. The number of hydrogen-bond donors (Lipinski definition) is 5. The molecule has 1 atom stereocenters. The maximum atomic E-state index is 14.4. The van der Waals surface area contributed by atoms with Crippen LogP contribution >= 0.6 is 23.1 Å². The molecule has 2 aromatic rings. The number of unbranched alkanes of at least 4 members (excludes halogenated alkanes) is 1. The number of benzene rings is 1. The van der Waals surface area contributed by atoms with Crippen molar-refractivity contribution in [3.63, 3.8) is 0 Å². The highest BCUT2D eigenvalue weighted by atomic mass is 35.5. The van der Waals surface area contributed by atoms with Gasteiger partial charge >= 0.3 is 0 Å². The predicted molar refractivity (Wildman–Crippen MR) is 112 cm³/mol. The normalized spacial score (nSPS) is 12.7. The largest absolute Gasteiger partial charge is 0.396 e. The van der Waals surface area contributed by atoms with Crippen LogP contribution in [-0.4, -0.2) is 55.2 Å². The third kappa shape index (κ3) is 7.32. The van der Waals surface area contributed by atoms with Crippen molar-refractivity contribution in [3.05, 3.63) is 29.3 Å². The summed E-state index contributed by atoms with van der Waals surface area (Å²) in [5, 5.41) is 15.3. The van der Waals surface area contributed by atoms with Crippen molar-refractivity contribution in [1.29, 1.82) is 0 Å². The smallest absolute Gasteiger partial charge is 0.266 e. The molecule has 0 spiro atoms. The number of nitrogens with one attached hydrogen (secondary N) is 3. The first-order valence-corrected chi connectivity index (χ1v) is 11.6. The number of halogens is 2. The fourth-order valence-electron chi connectivity index (χ4n) is 2.50. The molecule has 29 heavy (non-hydrogen) atoms. The lowest BCUT2D eigenvalue weighted by Crippen LogP contribution is -2.37. The van der Waals surface area contributed by atoms with Crippen molar-refractivity contribution in [1.82, 2.24) is 14.7 Å². The minimum atomic E-state index is -4.17. The molecule has 162 valence electrons. The van der Waals surface area contributed by atoms with Gasteiger partial charge in [0.05, 0.1) is 10.7 Å². The summed E-state index contributed by atoms with van der Waals surface area (Å²) in [6.45, 7) is 1.81. The molecular weight excluding hydrogens is 443 g/mol. The van der Waals surface area contributed by atoms with Crippen LogP contribution in [0.5, 0.6) is 0 Å². The molecule has 0 radical (unpaired) electrons. The van der Waals surface area contributed by atoms with Gasteiger partial charge in [-0.15, -0.1) is 0 Å². The van der Waals surface area contributed by atoms with E-state index < -0.39 is 20.7 Å². The number of nitrogens with zero attached hydrogens (tertiary/aromatic N) is 2. The van der Waals surface area contributed by atoms with Gasteiger partial charge in [0, 0.05) is 37.3 Å². The monoisotopic (exact) mass is 466 g/mol. The molecule has 0 aliphatic carbocycles. The molecule has 0 unspecified atom stereocenters. The van der Waals surface area contributed by atoms with Crippen LogP contribution in [0, 0.1) is 5.82 Å². The van der Waals surface area contributed by atoms with Crippen molar-refractivity contribution in [3.8, 4) is 0 Å². The zero-order valence-corrected chi connectivity index (χ0v) is 18.0. The van der Waals surface area contributed by atoms with Crippen LogP contribution in [0.15, 0.2) is 23.4 Å². The molecule has 9 nitrogen and oxygen atoms in total. The number of aliphatic hydroxyl groups excluding tert-OH is 1. The van der Waals surface area contributed by atoms with Gasteiger partial charge in [0.1, 0.15) is 17.0 Å². The van der Waals surface area contributed by atoms with Crippen molar-refractivity contribution in [2.75, 3.05) is 36.3 Å². The maximum absolute atomic E-state index is 14.4. The fraction of sp³-hybridized carbons (Fsp3) is 0.500. The molecular formula is C16H24ClFN6O3S2. The van der Waals surface area contributed by atoms with Crippen LogP contribution in [0.3, 0.4) is 0 Å². The lowest BCUT2D eigenvalue weighted by Gasteiger charge is -2.15. The Morgan fingerprint density at radius 2 is 2.07 bits per heavy atom. The van der Waals surface area contributed by atoms with E-state index in [1.54, 1.807) is 0 Å². The second kappa shape index (κ2) is 11.6. The Kier molecular flexibility index (Phi) is 9.46. The molecule has 1 aromatic carbocycles. The van der Waals surface area contributed by atoms with Gasteiger partial charge in [-0.05, 0) is 37.9 Å². The number of aliphatic hydroxyl groups is 1. The van der Waals surface area contributed by atoms with E-state index in [1.165, 1.54) is 6.33 Å². The van der Waals surface area contributed by atoms with Gasteiger partial charge in [-0.2, -0.15) is 4.37 Å². The van der Waals surface area contributed by atoms with E-state index >= 15 is 0 Å². The third-order valence-electron chi connectivity index (χ3n) is 4.01. The zero-order chi connectivity index (χ0) is 21.3. The molecule has 1 aromatic heterocycles. The topological polar surface area (TPSA) is 142 Å². The van der Waals surface area contributed by atoms with Gasteiger partial charge in [0.25, 0.3) is 10.0 Å². The fourth-order valence-corrected chi connectivity index (χ4v) is 4.54. The molecule has 0 saturated carbocycles. The number of sulfonamides is 1. The summed E-state index contributed by atoms with van der Waals surface area (Å²) in [5.74, 6) is -0.926. The Hall–Kier alpha value is -1.57. The average molecular weight is 467 g/mol. The quantitative estimate of drug-likeness (QED) is 0.280. The number of hydrogen-bond acceptors (Lipinski definition) is 9. The predicted octanol–water partition coefficient (Wildman–Crippen LogP) is 1.62. The van der Waals surface area contributed by atoms with Crippen LogP contribution in [-0.2, 0) is 10.0 Å². The number of aromatic nitrogens is 2. The number of anilines is 2. The molecule has 6 N–H and O–H groups in total. The van der Waals surface area contributed by atoms with Crippen LogP contribution in [0.1, 0.15) is 19.3 Å². The second-order valence-corrected chi connectivity index (χ2v) is 8.99. The number of rotatable bonds is 13. The standard InChI is InChI=1S/C16H24ClFN6O3S2/c17-12-7-15(29(26,27)24-16-22-10-23-28-16)13(18)8-14(12)21-5-2-1-4-20-11(9-19)3-6-25/h7-8,10-11,20-21,25H,1-6,9,19H2,(H,22,23,24)/t11-/m0/s1. The minimum Gasteiger partial charge on any atom is -0.396 e. The Labute approximate surface area is 178 Å². The van der Waals surface area contributed by atoms with Crippen LogP contribution in [0.4, 0.5) is 15.2 Å². The minimum absolute atomic E-state index is 0.0344. The highest BCUT2D eigenvalue weighted by Gasteiger charge is 2.22. The summed E-state index contributed by atoms with van der Waals surface area (Å²) in [4.78, 5) is 3.15.